The van der Waals surface area contributed by atoms with Gasteiger partial charge in [-0.25, -0.2) is 5.43 Å². The molecule has 4 aromatic rings. The number of para-hydroxylation sites is 1. The zero-order chi connectivity index (χ0) is 23.1. The molecule has 34 heavy (non-hydrogen) atoms. The molecule has 1 amide bonds. The standard InChI is InChI=1S/C26H23N5O3/c1-33-23-12-5-4-10-20(23)25-27-24(34-29-25)16-30-13-14-31-22(26(30)32)15-21(28-31)19-11-6-8-17-7-2-3-9-18(17)19/h2-14,21-22,28H,15-16H2,1H3. The third kappa shape index (κ3) is 3.48. The molecule has 170 valence electrons. The van der Waals surface area contributed by atoms with Crippen molar-refractivity contribution in [3.63, 3.8) is 0 Å². The first kappa shape index (κ1) is 20.4. The van der Waals surface area contributed by atoms with E-state index in [4.69, 9.17) is 9.26 Å². The first-order valence-corrected chi connectivity index (χ1v) is 11.2. The number of hydrazine groups is 1. The van der Waals surface area contributed by atoms with Gasteiger partial charge in [0, 0.05) is 12.4 Å². The first-order valence-electron chi connectivity index (χ1n) is 11.2. The third-order valence-electron chi connectivity index (χ3n) is 6.40. The summed E-state index contributed by atoms with van der Waals surface area (Å²) >= 11 is 0. The van der Waals surface area contributed by atoms with E-state index in [2.05, 4.69) is 45.9 Å². The van der Waals surface area contributed by atoms with Crippen LogP contribution in [0.1, 0.15) is 23.9 Å². The molecule has 3 heterocycles. The summed E-state index contributed by atoms with van der Waals surface area (Å²) < 4.78 is 10.8. The lowest BCUT2D eigenvalue weighted by atomic mass is 9.95. The van der Waals surface area contributed by atoms with Gasteiger partial charge in [0.05, 0.1) is 18.7 Å². The van der Waals surface area contributed by atoms with Gasteiger partial charge in [-0.2, -0.15) is 4.98 Å². The Labute approximate surface area is 196 Å². The Morgan fingerprint density at radius 1 is 1.06 bits per heavy atom. The molecule has 8 heteroatoms. The van der Waals surface area contributed by atoms with Crippen molar-refractivity contribution in [2.24, 2.45) is 0 Å². The van der Waals surface area contributed by atoms with Crippen LogP contribution in [-0.2, 0) is 11.3 Å². The number of fused-ring (bicyclic) bond motifs is 2. The third-order valence-corrected chi connectivity index (χ3v) is 6.40. The van der Waals surface area contributed by atoms with Crippen LogP contribution in [-0.4, -0.2) is 39.1 Å². The van der Waals surface area contributed by atoms with E-state index in [1.54, 1.807) is 18.2 Å². The van der Waals surface area contributed by atoms with E-state index in [0.29, 0.717) is 23.9 Å². The fourth-order valence-corrected chi connectivity index (χ4v) is 4.73. The van der Waals surface area contributed by atoms with E-state index in [9.17, 15) is 4.79 Å². The Balaban J connectivity index is 1.20. The molecule has 0 spiro atoms. The van der Waals surface area contributed by atoms with Crippen molar-refractivity contribution in [1.82, 2.24) is 25.5 Å². The van der Waals surface area contributed by atoms with Gasteiger partial charge in [0.25, 0.3) is 5.91 Å². The highest BCUT2D eigenvalue weighted by molar-refractivity contribution is 5.87. The molecule has 2 unspecified atom stereocenters. The molecule has 1 saturated heterocycles. The maximum absolute atomic E-state index is 13.3. The van der Waals surface area contributed by atoms with Crippen LogP contribution >= 0.6 is 0 Å². The second-order valence-electron chi connectivity index (χ2n) is 8.39. The zero-order valence-electron chi connectivity index (χ0n) is 18.6. The van der Waals surface area contributed by atoms with Gasteiger partial charge in [-0.05, 0) is 34.9 Å². The molecule has 2 aliphatic rings. The number of nitrogens with zero attached hydrogens (tertiary/aromatic N) is 4. The Hall–Kier alpha value is -4.17. The van der Waals surface area contributed by atoms with Crippen molar-refractivity contribution in [3.05, 3.63) is 90.6 Å². The number of aromatic nitrogens is 2. The van der Waals surface area contributed by atoms with E-state index in [1.165, 1.54) is 16.3 Å². The molecule has 1 N–H and O–H groups in total. The number of rotatable bonds is 5. The molecule has 0 bridgehead atoms. The second-order valence-corrected chi connectivity index (χ2v) is 8.39. The van der Waals surface area contributed by atoms with Crippen LogP contribution in [0.4, 0.5) is 0 Å². The van der Waals surface area contributed by atoms with E-state index in [1.807, 2.05) is 47.6 Å². The molecular weight excluding hydrogens is 430 g/mol. The molecule has 3 aromatic carbocycles. The summed E-state index contributed by atoms with van der Waals surface area (Å²) in [5.74, 6) is 1.45. The molecule has 0 aliphatic carbocycles. The van der Waals surface area contributed by atoms with Crippen molar-refractivity contribution < 1.29 is 14.1 Å². The average molecular weight is 454 g/mol. The first-order chi connectivity index (χ1) is 16.7. The second kappa shape index (κ2) is 8.31. The number of amides is 1. The summed E-state index contributed by atoms with van der Waals surface area (Å²) in [5, 5.41) is 8.38. The smallest absolute Gasteiger partial charge is 0.251 e. The number of carbonyl (C=O) groups is 1. The molecular formula is C26H23N5O3. The van der Waals surface area contributed by atoms with Crippen LogP contribution in [0, 0.1) is 0 Å². The Kier molecular flexibility index (Phi) is 5.00. The van der Waals surface area contributed by atoms with Gasteiger partial charge in [-0.1, -0.05) is 59.8 Å². The van der Waals surface area contributed by atoms with Gasteiger partial charge in [0.2, 0.25) is 11.7 Å². The summed E-state index contributed by atoms with van der Waals surface area (Å²) in [6.45, 7) is 0.209. The Bertz CT molecular complexity index is 1390. The van der Waals surface area contributed by atoms with E-state index in [0.717, 1.165) is 5.56 Å². The van der Waals surface area contributed by atoms with Crippen molar-refractivity contribution in [1.29, 1.82) is 0 Å². The number of benzene rings is 3. The summed E-state index contributed by atoms with van der Waals surface area (Å²) in [6.07, 6.45) is 4.32. The molecule has 6 rings (SSSR count). The van der Waals surface area contributed by atoms with Crippen LogP contribution in [0.2, 0.25) is 0 Å². The van der Waals surface area contributed by atoms with E-state index < -0.39 is 0 Å². The highest BCUT2D eigenvalue weighted by Gasteiger charge is 2.40. The highest BCUT2D eigenvalue weighted by Crippen LogP contribution is 2.35. The van der Waals surface area contributed by atoms with Crippen molar-refractivity contribution >= 4 is 16.7 Å². The van der Waals surface area contributed by atoms with E-state index >= 15 is 0 Å². The largest absolute Gasteiger partial charge is 0.496 e. The van der Waals surface area contributed by atoms with Gasteiger partial charge in [0.1, 0.15) is 18.3 Å². The minimum Gasteiger partial charge on any atom is -0.496 e. The maximum atomic E-state index is 13.3. The number of hydrogen-bond donors (Lipinski definition) is 1. The van der Waals surface area contributed by atoms with Crippen molar-refractivity contribution in [2.75, 3.05) is 7.11 Å². The lowest BCUT2D eigenvalue weighted by molar-refractivity contribution is -0.135. The van der Waals surface area contributed by atoms with Gasteiger partial charge in [-0.3, -0.25) is 4.79 Å². The van der Waals surface area contributed by atoms with Gasteiger partial charge in [0.15, 0.2) is 0 Å². The minimum absolute atomic E-state index is 0.00483. The fraction of sp³-hybridized carbons (Fsp3) is 0.192. The molecule has 1 aromatic heterocycles. The summed E-state index contributed by atoms with van der Waals surface area (Å²) in [5.41, 5.74) is 5.42. The lowest BCUT2D eigenvalue weighted by Gasteiger charge is -2.30. The summed E-state index contributed by atoms with van der Waals surface area (Å²) in [7, 11) is 1.60. The molecule has 8 nitrogen and oxygen atoms in total. The molecule has 2 aliphatic heterocycles. The van der Waals surface area contributed by atoms with Crippen molar-refractivity contribution in [2.45, 2.75) is 25.0 Å². The summed E-state index contributed by atoms with van der Waals surface area (Å²) in [6, 6.07) is 21.9. The number of methoxy groups -OCH3 is 1. The predicted molar refractivity (Wildman–Crippen MR) is 126 cm³/mol. The van der Waals surface area contributed by atoms with Gasteiger partial charge >= 0.3 is 0 Å². The number of carbonyl (C=O) groups excluding carboxylic acids is 1. The molecule has 0 saturated carbocycles. The van der Waals surface area contributed by atoms with Crippen LogP contribution in [0.5, 0.6) is 5.75 Å². The van der Waals surface area contributed by atoms with Gasteiger partial charge in [-0.15, -0.1) is 0 Å². The topological polar surface area (TPSA) is 83.7 Å². The maximum Gasteiger partial charge on any atom is 0.251 e. The molecule has 1 fully saturated rings. The van der Waals surface area contributed by atoms with Crippen LogP contribution in [0.3, 0.4) is 0 Å². The quantitative estimate of drug-likeness (QED) is 0.488. The fourth-order valence-electron chi connectivity index (χ4n) is 4.73. The number of ether oxygens (including phenoxy) is 1. The van der Waals surface area contributed by atoms with Gasteiger partial charge < -0.3 is 19.2 Å². The summed E-state index contributed by atoms with van der Waals surface area (Å²) in [4.78, 5) is 19.4. The monoisotopic (exact) mass is 453 g/mol. The normalized spacial score (nSPS) is 19.6. The highest BCUT2D eigenvalue weighted by atomic mass is 16.5. The number of nitrogens with one attached hydrogen (secondary N) is 1. The minimum atomic E-state index is -0.300. The zero-order valence-corrected chi connectivity index (χ0v) is 18.6. The van der Waals surface area contributed by atoms with Crippen LogP contribution < -0.4 is 10.2 Å². The Morgan fingerprint density at radius 3 is 2.79 bits per heavy atom. The predicted octanol–water partition coefficient (Wildman–Crippen LogP) is 4.03. The SMILES string of the molecule is COc1ccccc1-c1noc(CN2C=CN3NC(c4cccc5ccccc45)CC3C2=O)n1. The molecule has 0 radical (unpaired) electrons. The van der Waals surface area contributed by atoms with Crippen molar-refractivity contribution in [3.8, 4) is 17.1 Å². The molecule has 2 atom stereocenters. The van der Waals surface area contributed by atoms with E-state index in [-0.39, 0.29) is 24.5 Å². The van der Waals surface area contributed by atoms with Crippen LogP contribution in [0.15, 0.2) is 83.7 Å². The Morgan fingerprint density at radius 2 is 1.88 bits per heavy atom. The lowest BCUT2D eigenvalue weighted by Crippen LogP contribution is -2.47. The number of hydrogen-bond acceptors (Lipinski definition) is 7. The average Bonchev–Trinajstić information content (AvgIpc) is 3.53. The van der Waals surface area contributed by atoms with Crippen LogP contribution in [0.25, 0.3) is 22.2 Å².